The van der Waals surface area contributed by atoms with Crippen LogP contribution in [0.15, 0.2) is 78.9 Å². The van der Waals surface area contributed by atoms with Crippen molar-refractivity contribution in [3.8, 4) is 17.6 Å². The fourth-order valence-corrected chi connectivity index (χ4v) is 7.43. The first-order chi connectivity index (χ1) is 15.2. The molecule has 0 aliphatic heterocycles. The smallest absolute Gasteiger partial charge is 0.131 e. The highest BCUT2D eigenvalue weighted by atomic mass is 16.5. The van der Waals surface area contributed by atoms with Gasteiger partial charge in [-0.1, -0.05) is 48.5 Å². The number of benzene rings is 3. The maximum absolute atomic E-state index is 9.09. The Morgan fingerprint density at radius 2 is 1.39 bits per heavy atom. The molecular weight excluding hydrogens is 378 g/mol. The van der Waals surface area contributed by atoms with Crippen LogP contribution in [0.4, 0.5) is 0 Å². The molecule has 4 aliphatic rings. The summed E-state index contributed by atoms with van der Waals surface area (Å²) in [5, 5.41) is 9.09. The fourth-order valence-electron chi connectivity index (χ4n) is 7.43. The predicted octanol–water partition coefficient (Wildman–Crippen LogP) is 7.14. The minimum Gasteiger partial charge on any atom is -0.457 e. The van der Waals surface area contributed by atoms with Gasteiger partial charge in [-0.3, -0.25) is 0 Å². The van der Waals surface area contributed by atoms with Crippen LogP contribution in [0.2, 0.25) is 0 Å². The van der Waals surface area contributed by atoms with Gasteiger partial charge in [0, 0.05) is 11.0 Å². The number of nitriles is 1. The van der Waals surface area contributed by atoms with Crippen molar-refractivity contribution in [2.75, 3.05) is 0 Å². The van der Waals surface area contributed by atoms with Crippen LogP contribution < -0.4 is 4.74 Å². The van der Waals surface area contributed by atoms with Crippen LogP contribution in [-0.2, 0) is 10.8 Å². The summed E-state index contributed by atoms with van der Waals surface area (Å²) in [6.07, 6.45) is 7.87. The van der Waals surface area contributed by atoms with Crippen LogP contribution in [0.1, 0.15) is 55.2 Å². The van der Waals surface area contributed by atoms with Gasteiger partial charge in [0.05, 0.1) is 11.6 Å². The number of rotatable bonds is 4. The van der Waals surface area contributed by atoms with Gasteiger partial charge in [-0.2, -0.15) is 5.26 Å². The van der Waals surface area contributed by atoms with Gasteiger partial charge in [0.25, 0.3) is 0 Å². The van der Waals surface area contributed by atoms with E-state index in [0.717, 1.165) is 23.3 Å². The van der Waals surface area contributed by atoms with Crippen molar-refractivity contribution in [3.05, 3.63) is 95.6 Å². The molecule has 2 unspecified atom stereocenters. The minimum atomic E-state index is 0.198. The first-order valence-electron chi connectivity index (χ1n) is 11.5. The average molecular weight is 406 g/mol. The van der Waals surface area contributed by atoms with Crippen LogP contribution in [0.5, 0.6) is 11.5 Å². The predicted molar refractivity (Wildman–Crippen MR) is 122 cm³/mol. The van der Waals surface area contributed by atoms with E-state index in [1.54, 1.807) is 5.56 Å². The number of hydrogen-bond acceptors (Lipinski definition) is 2. The molecule has 4 bridgehead atoms. The van der Waals surface area contributed by atoms with E-state index in [9.17, 15) is 0 Å². The van der Waals surface area contributed by atoms with Gasteiger partial charge in [-0.15, -0.1) is 0 Å². The molecule has 4 aliphatic carbocycles. The van der Waals surface area contributed by atoms with Gasteiger partial charge >= 0.3 is 0 Å². The van der Waals surface area contributed by atoms with Gasteiger partial charge in [0.15, 0.2) is 0 Å². The Labute approximate surface area is 184 Å². The molecule has 0 saturated heterocycles. The van der Waals surface area contributed by atoms with Crippen molar-refractivity contribution in [3.63, 3.8) is 0 Å². The highest BCUT2D eigenvalue weighted by Gasteiger charge is 2.59. The Bertz CT molecular complexity index is 1130. The van der Waals surface area contributed by atoms with E-state index in [-0.39, 0.29) is 5.41 Å². The molecule has 0 N–H and O–H groups in total. The lowest BCUT2D eigenvalue weighted by atomic mass is 9.41. The van der Waals surface area contributed by atoms with E-state index >= 15 is 0 Å². The second-order valence-corrected chi connectivity index (χ2v) is 10.1. The summed E-state index contributed by atoms with van der Waals surface area (Å²) in [5.41, 5.74) is 4.09. The highest BCUT2D eigenvalue weighted by molar-refractivity contribution is 5.47. The standard InChI is InChI=1S/C29H27NO/c30-19-21-10-12-25(13-11-21)31-27-9-5-4-8-26(27)29-17-22-14-23(18-29)16-28(15-22,20-29)24-6-2-1-3-7-24/h1-13,22-23H,14-18,20H2. The molecular formula is C29H27NO. The third-order valence-corrected chi connectivity index (χ3v) is 8.12. The molecule has 0 heterocycles. The lowest BCUT2D eigenvalue weighted by molar-refractivity contribution is -0.0288. The van der Waals surface area contributed by atoms with Crippen molar-refractivity contribution in [1.82, 2.24) is 0 Å². The third-order valence-electron chi connectivity index (χ3n) is 8.12. The molecule has 2 atom stereocenters. The fraction of sp³-hybridized carbons (Fsp3) is 0.345. The summed E-state index contributed by atoms with van der Waals surface area (Å²) in [4.78, 5) is 0. The van der Waals surface area contributed by atoms with Gasteiger partial charge in [0.1, 0.15) is 11.5 Å². The summed E-state index contributed by atoms with van der Waals surface area (Å²) in [6, 6.07) is 29.6. The zero-order valence-electron chi connectivity index (χ0n) is 17.8. The van der Waals surface area contributed by atoms with Crippen molar-refractivity contribution in [1.29, 1.82) is 5.26 Å². The molecule has 0 aromatic heterocycles. The number of nitrogens with zero attached hydrogens (tertiary/aromatic N) is 1. The van der Waals surface area contributed by atoms with Gasteiger partial charge in [0.2, 0.25) is 0 Å². The summed E-state index contributed by atoms with van der Waals surface area (Å²) >= 11 is 0. The molecule has 31 heavy (non-hydrogen) atoms. The van der Waals surface area contributed by atoms with Crippen LogP contribution in [0.3, 0.4) is 0 Å². The highest BCUT2D eigenvalue weighted by Crippen LogP contribution is 2.67. The molecule has 0 radical (unpaired) electrons. The molecule has 3 aromatic carbocycles. The number of hydrogen-bond donors (Lipinski definition) is 0. The number of ether oxygens (including phenoxy) is 1. The third kappa shape index (κ3) is 3.07. The molecule has 2 heteroatoms. The monoisotopic (exact) mass is 405 g/mol. The van der Waals surface area contributed by atoms with E-state index in [4.69, 9.17) is 10.00 Å². The zero-order valence-corrected chi connectivity index (χ0v) is 17.8. The van der Waals surface area contributed by atoms with Crippen molar-refractivity contribution >= 4 is 0 Å². The van der Waals surface area contributed by atoms with Crippen molar-refractivity contribution in [2.24, 2.45) is 11.8 Å². The van der Waals surface area contributed by atoms with E-state index in [0.29, 0.717) is 11.0 Å². The summed E-state index contributed by atoms with van der Waals surface area (Å²) in [7, 11) is 0. The Hall–Kier alpha value is -3.05. The van der Waals surface area contributed by atoms with Gasteiger partial charge in [-0.25, -0.2) is 0 Å². The summed E-state index contributed by atoms with van der Waals surface area (Å²) < 4.78 is 6.43. The van der Waals surface area contributed by atoms with Crippen LogP contribution in [0, 0.1) is 23.2 Å². The maximum Gasteiger partial charge on any atom is 0.131 e. The van der Waals surface area contributed by atoms with Crippen LogP contribution in [0.25, 0.3) is 0 Å². The Morgan fingerprint density at radius 1 is 0.742 bits per heavy atom. The normalized spacial score (nSPS) is 30.7. The SMILES string of the molecule is N#Cc1ccc(Oc2ccccc2C23CC4CC(CC(c5ccccc5)(C4)C2)C3)cc1. The molecule has 3 aromatic rings. The zero-order chi connectivity index (χ0) is 20.9. The second-order valence-electron chi connectivity index (χ2n) is 10.1. The van der Waals surface area contributed by atoms with Gasteiger partial charge < -0.3 is 4.74 Å². The first-order valence-corrected chi connectivity index (χ1v) is 11.5. The van der Waals surface area contributed by atoms with E-state index < -0.39 is 0 Å². The molecule has 4 saturated carbocycles. The Balaban J connectivity index is 1.40. The van der Waals surface area contributed by atoms with Gasteiger partial charge in [-0.05, 0) is 91.7 Å². The number of para-hydroxylation sites is 1. The lowest BCUT2D eigenvalue weighted by Gasteiger charge is -2.62. The molecule has 2 nitrogen and oxygen atoms in total. The van der Waals surface area contributed by atoms with E-state index in [1.165, 1.54) is 44.1 Å². The molecule has 0 amide bonds. The van der Waals surface area contributed by atoms with Crippen LogP contribution in [-0.4, -0.2) is 0 Å². The molecule has 7 rings (SSSR count). The summed E-state index contributed by atoms with van der Waals surface area (Å²) in [5.74, 6) is 3.40. The minimum absolute atomic E-state index is 0.198. The van der Waals surface area contributed by atoms with Crippen molar-refractivity contribution < 1.29 is 4.74 Å². The quantitative estimate of drug-likeness (QED) is 0.462. The lowest BCUT2D eigenvalue weighted by Crippen LogP contribution is -2.56. The largest absolute Gasteiger partial charge is 0.457 e. The molecule has 4 fully saturated rings. The summed E-state index contributed by atoms with van der Waals surface area (Å²) in [6.45, 7) is 0. The van der Waals surface area contributed by atoms with Crippen molar-refractivity contribution in [2.45, 2.75) is 49.4 Å². The maximum atomic E-state index is 9.09. The second kappa shape index (κ2) is 6.99. The average Bonchev–Trinajstić information content (AvgIpc) is 2.80. The Kier molecular flexibility index (Phi) is 4.22. The Morgan fingerprint density at radius 3 is 2.10 bits per heavy atom. The molecule has 154 valence electrons. The topological polar surface area (TPSA) is 33.0 Å². The molecule has 0 spiro atoms. The van der Waals surface area contributed by atoms with Crippen LogP contribution >= 0.6 is 0 Å². The van der Waals surface area contributed by atoms with E-state index in [1.807, 2.05) is 24.3 Å². The van der Waals surface area contributed by atoms with E-state index in [2.05, 4.69) is 60.7 Å². The first kappa shape index (κ1) is 18.7.